The molecular weight excluding hydrogens is 424 g/mol. The number of nitrogens with zero attached hydrogens (tertiary/aromatic N) is 4. The van der Waals surface area contributed by atoms with Crippen LogP contribution in [0, 0.1) is 0 Å². The van der Waals surface area contributed by atoms with Crippen molar-refractivity contribution < 1.29 is 19.1 Å². The fourth-order valence-corrected chi connectivity index (χ4v) is 2.72. The van der Waals surface area contributed by atoms with Crippen molar-refractivity contribution in [2.75, 3.05) is 19.0 Å². The molecule has 3 rings (SSSR count). The second-order valence-corrected chi connectivity index (χ2v) is 6.56. The van der Waals surface area contributed by atoms with Crippen molar-refractivity contribution in [3.63, 3.8) is 0 Å². The van der Waals surface area contributed by atoms with Crippen molar-refractivity contribution in [2.45, 2.75) is 0 Å². The molecule has 158 valence electrons. The zero-order valence-electron chi connectivity index (χ0n) is 16.3. The molecule has 0 saturated heterocycles. The summed E-state index contributed by atoms with van der Waals surface area (Å²) >= 11 is 6.03. The standard InChI is InChI=1S/C20H17ClN6O4/c1-31-20(30)13-2-6-16(7-3-13)24-19(29)11-22-18(28)9-4-14-10-15(21)5-8-17(14)27-12-23-25-26-27/h2-10,12H,11H2,1H3,(H,22,28)(H,24,29)/b9-4+. The van der Waals surface area contributed by atoms with Gasteiger partial charge in [-0.2, -0.15) is 4.68 Å². The number of esters is 1. The first-order chi connectivity index (χ1) is 15.0. The van der Waals surface area contributed by atoms with E-state index in [2.05, 4.69) is 30.9 Å². The minimum Gasteiger partial charge on any atom is -0.465 e. The number of carbonyl (C=O) groups excluding carboxylic acids is 3. The first kappa shape index (κ1) is 21.7. The Hall–Kier alpha value is -4.05. The monoisotopic (exact) mass is 440 g/mol. The first-order valence-corrected chi connectivity index (χ1v) is 9.31. The Morgan fingerprint density at radius 2 is 1.94 bits per heavy atom. The van der Waals surface area contributed by atoms with Crippen molar-refractivity contribution in [3.8, 4) is 5.69 Å². The maximum Gasteiger partial charge on any atom is 0.337 e. The largest absolute Gasteiger partial charge is 0.465 e. The fraction of sp³-hybridized carbons (Fsp3) is 0.100. The predicted molar refractivity (Wildman–Crippen MR) is 113 cm³/mol. The maximum absolute atomic E-state index is 12.1. The molecular formula is C20H17ClN6O4. The van der Waals surface area contributed by atoms with Crippen LogP contribution < -0.4 is 10.6 Å². The highest BCUT2D eigenvalue weighted by molar-refractivity contribution is 6.30. The molecule has 0 saturated carbocycles. The minimum atomic E-state index is -0.473. The normalized spacial score (nSPS) is 10.6. The van der Waals surface area contributed by atoms with Crippen LogP contribution in [0.2, 0.25) is 5.02 Å². The molecule has 11 heteroatoms. The lowest BCUT2D eigenvalue weighted by Crippen LogP contribution is -2.31. The predicted octanol–water partition coefficient (Wildman–Crippen LogP) is 1.87. The van der Waals surface area contributed by atoms with E-state index in [0.29, 0.717) is 27.5 Å². The number of amides is 2. The molecule has 2 amide bonds. The number of hydrogen-bond acceptors (Lipinski definition) is 7. The number of nitrogens with one attached hydrogen (secondary N) is 2. The van der Waals surface area contributed by atoms with E-state index in [-0.39, 0.29) is 6.54 Å². The van der Waals surface area contributed by atoms with E-state index in [1.54, 1.807) is 36.4 Å². The van der Waals surface area contributed by atoms with Gasteiger partial charge in [0.15, 0.2) is 0 Å². The summed E-state index contributed by atoms with van der Waals surface area (Å²) in [5, 5.41) is 16.6. The molecule has 1 aromatic heterocycles. The topological polar surface area (TPSA) is 128 Å². The Bertz CT molecular complexity index is 1110. The van der Waals surface area contributed by atoms with Gasteiger partial charge in [0, 0.05) is 22.3 Å². The van der Waals surface area contributed by atoms with Crippen molar-refractivity contribution in [3.05, 3.63) is 71.0 Å². The van der Waals surface area contributed by atoms with Crippen LogP contribution in [0.1, 0.15) is 15.9 Å². The van der Waals surface area contributed by atoms with Crippen molar-refractivity contribution >= 4 is 41.1 Å². The highest BCUT2D eigenvalue weighted by Crippen LogP contribution is 2.20. The van der Waals surface area contributed by atoms with Gasteiger partial charge in [-0.3, -0.25) is 9.59 Å². The van der Waals surface area contributed by atoms with Crippen molar-refractivity contribution in [1.29, 1.82) is 0 Å². The molecule has 0 bridgehead atoms. The van der Waals surface area contributed by atoms with Crippen LogP contribution in [0.3, 0.4) is 0 Å². The molecule has 0 spiro atoms. The molecule has 0 radical (unpaired) electrons. The summed E-state index contributed by atoms with van der Waals surface area (Å²) in [5.74, 6) is -1.37. The van der Waals surface area contributed by atoms with Gasteiger partial charge in [0.05, 0.1) is 24.9 Å². The quantitative estimate of drug-likeness (QED) is 0.424. The molecule has 0 fully saturated rings. The lowest BCUT2D eigenvalue weighted by molar-refractivity contribution is -0.121. The van der Waals surface area contributed by atoms with E-state index in [4.69, 9.17) is 11.6 Å². The highest BCUT2D eigenvalue weighted by atomic mass is 35.5. The maximum atomic E-state index is 12.1. The number of methoxy groups -OCH3 is 1. The van der Waals surface area contributed by atoms with Crippen LogP contribution in [-0.4, -0.2) is 51.6 Å². The Morgan fingerprint density at radius 3 is 2.61 bits per heavy atom. The summed E-state index contributed by atoms with van der Waals surface area (Å²) in [6, 6.07) is 11.2. The van der Waals surface area contributed by atoms with Gasteiger partial charge in [0.25, 0.3) is 0 Å². The number of ether oxygens (including phenoxy) is 1. The van der Waals surface area contributed by atoms with Gasteiger partial charge in [-0.1, -0.05) is 11.6 Å². The summed E-state index contributed by atoms with van der Waals surface area (Å²) in [6.07, 6.45) is 4.24. The Morgan fingerprint density at radius 1 is 1.16 bits per heavy atom. The van der Waals surface area contributed by atoms with Gasteiger partial charge in [0.1, 0.15) is 6.33 Å². The average Bonchev–Trinajstić information content (AvgIpc) is 3.31. The summed E-state index contributed by atoms with van der Waals surface area (Å²) in [5.41, 5.74) is 2.09. The van der Waals surface area contributed by atoms with Crippen LogP contribution in [0.15, 0.2) is 54.9 Å². The molecule has 2 N–H and O–H groups in total. The number of carbonyl (C=O) groups is 3. The number of benzene rings is 2. The Kier molecular flexibility index (Phi) is 7.07. The number of tetrazole rings is 1. The van der Waals surface area contributed by atoms with E-state index in [1.165, 1.54) is 36.3 Å². The van der Waals surface area contributed by atoms with Gasteiger partial charge < -0.3 is 15.4 Å². The molecule has 1 heterocycles. The van der Waals surface area contributed by atoms with Gasteiger partial charge in [-0.15, -0.1) is 5.10 Å². The molecule has 0 aliphatic carbocycles. The van der Waals surface area contributed by atoms with Gasteiger partial charge in [-0.05, 0) is 59.0 Å². The number of hydrogen-bond donors (Lipinski definition) is 2. The third-order valence-electron chi connectivity index (χ3n) is 4.01. The zero-order chi connectivity index (χ0) is 22.2. The van der Waals surface area contributed by atoms with E-state index in [1.807, 2.05) is 0 Å². The Balaban J connectivity index is 1.56. The number of anilines is 1. The number of rotatable bonds is 7. The van der Waals surface area contributed by atoms with Gasteiger partial charge in [-0.25, -0.2) is 4.79 Å². The summed E-state index contributed by atoms with van der Waals surface area (Å²) < 4.78 is 6.05. The van der Waals surface area contributed by atoms with E-state index in [0.717, 1.165) is 0 Å². The minimum absolute atomic E-state index is 0.239. The second-order valence-electron chi connectivity index (χ2n) is 6.13. The molecule has 2 aromatic carbocycles. The second kappa shape index (κ2) is 10.1. The highest BCUT2D eigenvalue weighted by Gasteiger charge is 2.08. The summed E-state index contributed by atoms with van der Waals surface area (Å²) in [7, 11) is 1.29. The third-order valence-corrected chi connectivity index (χ3v) is 4.25. The van der Waals surface area contributed by atoms with E-state index >= 15 is 0 Å². The zero-order valence-corrected chi connectivity index (χ0v) is 17.0. The van der Waals surface area contributed by atoms with Crippen LogP contribution >= 0.6 is 11.6 Å². The van der Waals surface area contributed by atoms with E-state index in [9.17, 15) is 14.4 Å². The lowest BCUT2D eigenvalue weighted by atomic mass is 10.1. The summed E-state index contributed by atoms with van der Waals surface area (Å²) in [6.45, 7) is -0.239. The van der Waals surface area contributed by atoms with Crippen LogP contribution in [-0.2, 0) is 14.3 Å². The molecule has 0 unspecified atom stereocenters. The van der Waals surface area contributed by atoms with Crippen molar-refractivity contribution in [1.82, 2.24) is 25.5 Å². The van der Waals surface area contributed by atoms with Gasteiger partial charge in [0.2, 0.25) is 11.8 Å². The van der Waals surface area contributed by atoms with Crippen LogP contribution in [0.25, 0.3) is 11.8 Å². The number of halogens is 1. The Labute approximate surface area is 181 Å². The summed E-state index contributed by atoms with van der Waals surface area (Å²) in [4.78, 5) is 35.5. The third kappa shape index (κ3) is 5.97. The van der Waals surface area contributed by atoms with Crippen molar-refractivity contribution in [2.24, 2.45) is 0 Å². The lowest BCUT2D eigenvalue weighted by Gasteiger charge is -2.07. The average molecular weight is 441 g/mol. The van der Waals surface area contributed by atoms with Gasteiger partial charge >= 0.3 is 5.97 Å². The molecule has 0 aliphatic heterocycles. The van der Waals surface area contributed by atoms with Crippen LogP contribution in [0.5, 0.6) is 0 Å². The smallest absolute Gasteiger partial charge is 0.337 e. The molecule has 0 atom stereocenters. The molecule has 31 heavy (non-hydrogen) atoms. The first-order valence-electron chi connectivity index (χ1n) is 8.93. The van der Waals surface area contributed by atoms with E-state index < -0.39 is 17.8 Å². The van der Waals surface area contributed by atoms with Crippen LogP contribution in [0.4, 0.5) is 5.69 Å². The SMILES string of the molecule is COC(=O)c1ccc(NC(=O)CNC(=O)/C=C/c2cc(Cl)ccc2-n2cnnn2)cc1. The number of aromatic nitrogens is 4. The molecule has 3 aromatic rings. The molecule has 10 nitrogen and oxygen atoms in total. The molecule has 0 aliphatic rings. The fourth-order valence-electron chi connectivity index (χ4n) is 2.54.